The fourth-order valence-electron chi connectivity index (χ4n) is 2.78. The van der Waals surface area contributed by atoms with E-state index in [1.165, 1.54) is 0 Å². The molecule has 5 heteroatoms. The summed E-state index contributed by atoms with van der Waals surface area (Å²) >= 11 is 0. The molecule has 20 heavy (non-hydrogen) atoms. The number of piperidine rings is 1. The number of rotatable bonds is 5. The third-order valence-electron chi connectivity index (χ3n) is 4.47. The van der Waals surface area contributed by atoms with Crippen molar-refractivity contribution in [2.24, 2.45) is 0 Å². The Morgan fingerprint density at radius 2 is 1.85 bits per heavy atom. The van der Waals surface area contributed by atoms with E-state index < -0.39 is 0 Å². The second-order valence-electron chi connectivity index (χ2n) is 6.05. The van der Waals surface area contributed by atoms with E-state index in [-0.39, 0.29) is 11.4 Å². The van der Waals surface area contributed by atoms with Crippen molar-refractivity contribution in [2.75, 3.05) is 40.8 Å². The maximum atomic E-state index is 12.0. The molecule has 0 radical (unpaired) electrons. The largest absolute Gasteiger partial charge is 0.353 e. The summed E-state index contributed by atoms with van der Waals surface area (Å²) in [4.78, 5) is 16.6. The molecule has 1 N–H and O–H groups in total. The van der Waals surface area contributed by atoms with Gasteiger partial charge >= 0.3 is 0 Å². The number of hydrogen-bond acceptors (Lipinski definition) is 3. The molecule has 0 atom stereocenters. The zero-order valence-corrected chi connectivity index (χ0v) is 12.8. The highest BCUT2D eigenvalue weighted by Gasteiger charge is 2.35. The maximum Gasteiger partial charge on any atom is 0.239 e. The lowest BCUT2D eigenvalue weighted by Gasteiger charge is -2.45. The van der Waals surface area contributed by atoms with Crippen LogP contribution in [0.4, 0.5) is 0 Å². The topological polar surface area (TPSA) is 40.5 Å². The van der Waals surface area contributed by atoms with E-state index >= 15 is 0 Å². The molecular formula is C15H26N4O. The van der Waals surface area contributed by atoms with E-state index in [1.807, 2.05) is 29.1 Å². The van der Waals surface area contributed by atoms with Crippen molar-refractivity contribution < 1.29 is 4.79 Å². The van der Waals surface area contributed by atoms with Crippen molar-refractivity contribution in [3.8, 4) is 0 Å². The van der Waals surface area contributed by atoms with Gasteiger partial charge in [-0.05, 0) is 59.2 Å². The molecule has 1 aromatic heterocycles. The number of carbonyl (C=O) groups is 1. The Morgan fingerprint density at radius 1 is 1.25 bits per heavy atom. The molecule has 2 heterocycles. The Labute approximate surface area is 121 Å². The molecule has 1 aliphatic rings. The van der Waals surface area contributed by atoms with Crippen LogP contribution in [0.1, 0.15) is 12.8 Å². The second kappa shape index (κ2) is 6.41. The molecule has 1 fully saturated rings. The molecule has 0 spiro atoms. The van der Waals surface area contributed by atoms with Gasteiger partial charge in [0.15, 0.2) is 0 Å². The van der Waals surface area contributed by atoms with Crippen molar-refractivity contribution in [3.63, 3.8) is 0 Å². The van der Waals surface area contributed by atoms with Crippen molar-refractivity contribution in [3.05, 3.63) is 24.5 Å². The van der Waals surface area contributed by atoms with Gasteiger partial charge in [-0.2, -0.15) is 0 Å². The second-order valence-corrected chi connectivity index (χ2v) is 6.05. The molecule has 1 aromatic rings. The summed E-state index contributed by atoms with van der Waals surface area (Å²) < 4.78 is 1.90. The van der Waals surface area contributed by atoms with E-state index in [4.69, 9.17) is 0 Å². The zero-order chi connectivity index (χ0) is 14.6. The van der Waals surface area contributed by atoms with Crippen LogP contribution in [0.3, 0.4) is 0 Å². The molecule has 0 bridgehead atoms. The van der Waals surface area contributed by atoms with E-state index in [2.05, 4.69) is 36.3 Å². The van der Waals surface area contributed by atoms with Gasteiger partial charge in [-0.3, -0.25) is 4.79 Å². The van der Waals surface area contributed by atoms with Crippen LogP contribution in [-0.4, -0.2) is 66.6 Å². The molecule has 1 amide bonds. The number of aromatic nitrogens is 1. The SMILES string of the molecule is CN1CCC(CNC(=O)Cn2cccc2)(N(C)C)CC1. The Bertz CT molecular complexity index is 419. The Morgan fingerprint density at radius 3 is 2.40 bits per heavy atom. The molecule has 0 aromatic carbocycles. The third-order valence-corrected chi connectivity index (χ3v) is 4.47. The quantitative estimate of drug-likeness (QED) is 0.859. The van der Waals surface area contributed by atoms with Crippen LogP contribution in [-0.2, 0) is 11.3 Å². The lowest BCUT2D eigenvalue weighted by atomic mass is 9.86. The van der Waals surface area contributed by atoms with Crippen LogP contribution in [0.25, 0.3) is 0 Å². The summed E-state index contributed by atoms with van der Waals surface area (Å²) in [6, 6.07) is 3.87. The van der Waals surface area contributed by atoms with Gasteiger partial charge in [-0.15, -0.1) is 0 Å². The van der Waals surface area contributed by atoms with E-state index in [0.717, 1.165) is 32.5 Å². The fraction of sp³-hybridized carbons (Fsp3) is 0.667. The minimum Gasteiger partial charge on any atom is -0.353 e. The zero-order valence-electron chi connectivity index (χ0n) is 12.8. The monoisotopic (exact) mass is 278 g/mol. The summed E-state index contributed by atoms with van der Waals surface area (Å²) in [6.45, 7) is 3.31. The first-order valence-corrected chi connectivity index (χ1v) is 7.25. The smallest absolute Gasteiger partial charge is 0.239 e. The molecule has 1 aliphatic heterocycles. The molecule has 1 saturated heterocycles. The predicted molar refractivity (Wildman–Crippen MR) is 80.6 cm³/mol. The number of amides is 1. The summed E-state index contributed by atoms with van der Waals surface area (Å²) in [5, 5.41) is 3.11. The Balaban J connectivity index is 1.87. The standard InChI is InChI=1S/C15H26N4O/c1-17(2)15(6-10-18(3)11-7-15)13-16-14(20)12-19-8-4-5-9-19/h4-5,8-9H,6-7,10-13H2,1-3H3,(H,16,20). The van der Waals surface area contributed by atoms with Crippen LogP contribution in [0.15, 0.2) is 24.5 Å². The molecule has 112 valence electrons. The molecular weight excluding hydrogens is 252 g/mol. The third kappa shape index (κ3) is 3.61. The van der Waals surface area contributed by atoms with Crippen molar-refractivity contribution in [1.29, 1.82) is 0 Å². The number of carbonyl (C=O) groups excluding carboxylic acids is 1. The predicted octanol–water partition coefficient (Wildman–Crippen LogP) is 0.630. The molecule has 0 aliphatic carbocycles. The number of hydrogen-bond donors (Lipinski definition) is 1. The maximum absolute atomic E-state index is 12.0. The summed E-state index contributed by atoms with van der Waals surface area (Å²) in [6.07, 6.45) is 6.02. The highest BCUT2D eigenvalue weighted by molar-refractivity contribution is 5.75. The number of nitrogens with one attached hydrogen (secondary N) is 1. The van der Waals surface area contributed by atoms with Crippen LogP contribution >= 0.6 is 0 Å². The first-order chi connectivity index (χ1) is 9.52. The minimum absolute atomic E-state index is 0.0846. The van der Waals surface area contributed by atoms with E-state index in [1.54, 1.807) is 0 Å². The van der Waals surface area contributed by atoms with Crippen molar-refractivity contribution >= 4 is 5.91 Å². The van der Waals surface area contributed by atoms with Gasteiger partial charge in [-0.25, -0.2) is 0 Å². The first-order valence-electron chi connectivity index (χ1n) is 7.25. The van der Waals surface area contributed by atoms with Gasteiger partial charge in [0.05, 0.1) is 0 Å². The van der Waals surface area contributed by atoms with Gasteiger partial charge in [0.25, 0.3) is 0 Å². The summed E-state index contributed by atoms with van der Waals surface area (Å²) in [7, 11) is 6.39. The number of likely N-dealkylation sites (N-methyl/N-ethyl adjacent to an activating group) is 1. The average Bonchev–Trinajstić information content (AvgIpc) is 2.91. The van der Waals surface area contributed by atoms with Crippen molar-refractivity contribution in [1.82, 2.24) is 19.7 Å². The van der Waals surface area contributed by atoms with Crippen LogP contribution in [0, 0.1) is 0 Å². The normalized spacial score (nSPS) is 19.2. The van der Waals surface area contributed by atoms with E-state index in [9.17, 15) is 4.79 Å². The van der Waals surface area contributed by atoms with E-state index in [0.29, 0.717) is 6.54 Å². The molecule has 0 unspecified atom stereocenters. The number of nitrogens with zero attached hydrogens (tertiary/aromatic N) is 3. The average molecular weight is 278 g/mol. The number of likely N-dealkylation sites (tertiary alicyclic amines) is 1. The van der Waals surface area contributed by atoms with Crippen LogP contribution in [0.5, 0.6) is 0 Å². The van der Waals surface area contributed by atoms with Crippen molar-refractivity contribution in [2.45, 2.75) is 24.9 Å². The van der Waals surface area contributed by atoms with Crippen LogP contribution < -0.4 is 5.32 Å². The molecule has 0 saturated carbocycles. The summed E-state index contributed by atoms with van der Waals surface area (Å²) in [5.74, 6) is 0.0846. The van der Waals surface area contributed by atoms with Gasteiger partial charge in [0, 0.05) is 24.5 Å². The lowest BCUT2D eigenvalue weighted by Crippen LogP contribution is -2.58. The van der Waals surface area contributed by atoms with Gasteiger partial charge in [0.1, 0.15) is 6.54 Å². The molecule has 2 rings (SSSR count). The summed E-state index contributed by atoms with van der Waals surface area (Å²) in [5.41, 5.74) is 0.0961. The Hall–Kier alpha value is -1.33. The first kappa shape index (κ1) is 15.1. The molecule has 5 nitrogen and oxygen atoms in total. The highest BCUT2D eigenvalue weighted by atomic mass is 16.1. The van der Waals surface area contributed by atoms with Crippen LogP contribution in [0.2, 0.25) is 0 Å². The Kier molecular flexibility index (Phi) is 4.83. The fourth-order valence-corrected chi connectivity index (χ4v) is 2.78. The minimum atomic E-state index is 0.0846. The van der Waals surface area contributed by atoms with Gasteiger partial charge in [-0.1, -0.05) is 0 Å². The lowest BCUT2D eigenvalue weighted by molar-refractivity contribution is -0.122. The highest BCUT2D eigenvalue weighted by Crippen LogP contribution is 2.25. The van der Waals surface area contributed by atoms with Gasteiger partial charge < -0.3 is 19.7 Å². The van der Waals surface area contributed by atoms with Gasteiger partial charge in [0.2, 0.25) is 5.91 Å².